The molecular weight excluding hydrogens is 338 g/mol. The summed E-state index contributed by atoms with van der Waals surface area (Å²) >= 11 is 0. The quantitative estimate of drug-likeness (QED) is 0.629. The number of rotatable bonds is 6. The first kappa shape index (κ1) is 17.5. The summed E-state index contributed by atoms with van der Waals surface area (Å²) in [7, 11) is 1.56. The Hall–Kier alpha value is -3.35. The fourth-order valence-corrected chi connectivity index (χ4v) is 2.45. The highest BCUT2D eigenvalue weighted by molar-refractivity contribution is 6.01. The monoisotopic (exact) mass is 355 g/mol. The molecule has 1 amide bonds. The van der Waals surface area contributed by atoms with Crippen molar-refractivity contribution in [1.29, 1.82) is 0 Å². The maximum atomic E-state index is 12.2. The fraction of sp³-hybridized carbons (Fsp3) is 0.211. The van der Waals surface area contributed by atoms with Gasteiger partial charge in [-0.1, -0.05) is 12.1 Å². The van der Waals surface area contributed by atoms with Gasteiger partial charge in [0.15, 0.2) is 19.0 Å². The fourth-order valence-electron chi connectivity index (χ4n) is 2.45. The van der Waals surface area contributed by atoms with Crippen molar-refractivity contribution in [3.05, 3.63) is 53.6 Å². The van der Waals surface area contributed by atoms with Crippen LogP contribution in [0.5, 0.6) is 11.5 Å². The van der Waals surface area contributed by atoms with Gasteiger partial charge in [0.05, 0.1) is 19.2 Å². The summed E-state index contributed by atoms with van der Waals surface area (Å²) in [5.41, 5.74) is 1.51. The lowest BCUT2D eigenvalue weighted by molar-refractivity contribution is -0.141. The van der Waals surface area contributed by atoms with Crippen LogP contribution in [0.1, 0.15) is 15.9 Å². The van der Waals surface area contributed by atoms with Gasteiger partial charge in [-0.15, -0.1) is 0 Å². The Kier molecular flexibility index (Phi) is 5.17. The smallest absolute Gasteiger partial charge is 0.310 e. The molecule has 0 aromatic heterocycles. The van der Waals surface area contributed by atoms with E-state index in [2.05, 4.69) is 5.32 Å². The van der Waals surface area contributed by atoms with Crippen LogP contribution in [-0.4, -0.2) is 38.0 Å². The molecule has 0 aliphatic carbocycles. The van der Waals surface area contributed by atoms with Crippen molar-refractivity contribution in [1.82, 2.24) is 0 Å². The molecule has 0 bridgehead atoms. The molecule has 0 saturated carbocycles. The number of fused-ring (bicyclic) bond motifs is 1. The molecule has 3 rings (SSSR count). The molecule has 0 radical (unpaired) electrons. The summed E-state index contributed by atoms with van der Waals surface area (Å²) < 4.78 is 15.3. The molecule has 134 valence electrons. The Morgan fingerprint density at radius 3 is 2.65 bits per heavy atom. The van der Waals surface area contributed by atoms with Gasteiger partial charge >= 0.3 is 5.97 Å². The Balaban J connectivity index is 1.55. The topological polar surface area (TPSA) is 90.9 Å². The Bertz CT molecular complexity index is 844. The second kappa shape index (κ2) is 7.69. The third-order valence-corrected chi connectivity index (χ3v) is 3.81. The van der Waals surface area contributed by atoms with Gasteiger partial charge in [0.2, 0.25) is 0 Å². The molecular formula is C19H17NO6. The summed E-state index contributed by atoms with van der Waals surface area (Å²) in [6.45, 7) is -0.425. The largest absolute Gasteiger partial charge is 0.497 e. The SMILES string of the molecule is COc1ccc(CC(=O)OCC(=O)c2ccc3c(c2)NC(=O)CO3)cc1. The number of carbonyl (C=O) groups is 3. The van der Waals surface area contributed by atoms with Crippen LogP contribution < -0.4 is 14.8 Å². The Labute approximate surface area is 149 Å². The number of hydrogen-bond donors (Lipinski definition) is 1. The number of ketones is 1. The van der Waals surface area contributed by atoms with Gasteiger partial charge in [-0.25, -0.2) is 0 Å². The number of Topliss-reactive ketones (excluding diaryl/α,β-unsaturated/α-hetero) is 1. The van der Waals surface area contributed by atoms with Gasteiger partial charge in [0.25, 0.3) is 5.91 Å². The van der Waals surface area contributed by atoms with E-state index in [1.807, 2.05) is 0 Å². The van der Waals surface area contributed by atoms with Gasteiger partial charge in [-0.2, -0.15) is 0 Å². The van der Waals surface area contributed by atoms with Crippen LogP contribution >= 0.6 is 0 Å². The van der Waals surface area contributed by atoms with E-state index >= 15 is 0 Å². The van der Waals surface area contributed by atoms with Crippen LogP contribution in [0.3, 0.4) is 0 Å². The van der Waals surface area contributed by atoms with E-state index in [-0.39, 0.29) is 31.3 Å². The Morgan fingerprint density at radius 1 is 1.15 bits per heavy atom. The van der Waals surface area contributed by atoms with E-state index in [4.69, 9.17) is 14.2 Å². The number of nitrogens with one attached hydrogen (secondary N) is 1. The molecule has 26 heavy (non-hydrogen) atoms. The van der Waals surface area contributed by atoms with Gasteiger partial charge in [0.1, 0.15) is 11.5 Å². The highest BCUT2D eigenvalue weighted by Gasteiger charge is 2.18. The minimum Gasteiger partial charge on any atom is -0.497 e. The average Bonchev–Trinajstić information content (AvgIpc) is 2.66. The summed E-state index contributed by atoms with van der Waals surface area (Å²) in [6.07, 6.45) is 0.0609. The number of esters is 1. The van der Waals surface area contributed by atoms with Crippen molar-refractivity contribution in [3.63, 3.8) is 0 Å². The first-order chi connectivity index (χ1) is 12.5. The third kappa shape index (κ3) is 4.18. The molecule has 1 aliphatic heterocycles. The number of carbonyl (C=O) groups excluding carboxylic acids is 3. The molecule has 1 heterocycles. The lowest BCUT2D eigenvalue weighted by atomic mass is 10.1. The normalized spacial score (nSPS) is 12.4. The summed E-state index contributed by atoms with van der Waals surface area (Å²) in [6, 6.07) is 11.7. The van der Waals surface area contributed by atoms with Gasteiger partial charge in [-0.3, -0.25) is 14.4 Å². The molecule has 1 aliphatic rings. The Morgan fingerprint density at radius 2 is 1.92 bits per heavy atom. The number of benzene rings is 2. The molecule has 7 heteroatoms. The van der Waals surface area contributed by atoms with Crippen molar-refractivity contribution >= 4 is 23.3 Å². The van der Waals surface area contributed by atoms with Crippen molar-refractivity contribution in [3.8, 4) is 11.5 Å². The van der Waals surface area contributed by atoms with E-state index in [1.165, 1.54) is 6.07 Å². The van der Waals surface area contributed by atoms with Crippen LogP contribution in [0.4, 0.5) is 5.69 Å². The number of ether oxygens (including phenoxy) is 3. The van der Waals surface area contributed by atoms with Crippen molar-refractivity contribution < 1.29 is 28.6 Å². The van der Waals surface area contributed by atoms with Crippen LogP contribution in [0, 0.1) is 0 Å². The number of anilines is 1. The predicted octanol–water partition coefficient (Wildman–Crippen LogP) is 1.99. The van der Waals surface area contributed by atoms with Crippen LogP contribution in [0.15, 0.2) is 42.5 Å². The minimum atomic E-state index is -0.502. The molecule has 0 saturated heterocycles. The van der Waals surface area contributed by atoms with Crippen LogP contribution in [0.2, 0.25) is 0 Å². The maximum Gasteiger partial charge on any atom is 0.310 e. The molecule has 0 unspecified atom stereocenters. The van der Waals surface area contributed by atoms with E-state index in [9.17, 15) is 14.4 Å². The molecule has 2 aromatic rings. The minimum absolute atomic E-state index is 0.0523. The second-order valence-corrected chi connectivity index (χ2v) is 5.66. The van der Waals surface area contributed by atoms with Gasteiger partial charge < -0.3 is 19.5 Å². The molecule has 0 atom stereocenters. The zero-order valence-electron chi connectivity index (χ0n) is 14.1. The third-order valence-electron chi connectivity index (χ3n) is 3.81. The number of methoxy groups -OCH3 is 1. The lowest BCUT2D eigenvalue weighted by Crippen LogP contribution is -2.25. The van der Waals surface area contributed by atoms with E-state index in [0.717, 1.165) is 5.56 Å². The van der Waals surface area contributed by atoms with Crippen molar-refractivity contribution in [2.45, 2.75) is 6.42 Å². The molecule has 0 spiro atoms. The molecule has 0 fully saturated rings. The van der Waals surface area contributed by atoms with E-state index in [1.54, 1.807) is 43.5 Å². The number of amides is 1. The van der Waals surface area contributed by atoms with Crippen LogP contribution in [-0.2, 0) is 20.7 Å². The zero-order chi connectivity index (χ0) is 18.5. The molecule has 2 aromatic carbocycles. The summed E-state index contributed by atoms with van der Waals surface area (Å²) in [5.74, 6) is 0.0419. The average molecular weight is 355 g/mol. The van der Waals surface area contributed by atoms with Gasteiger partial charge in [-0.05, 0) is 35.9 Å². The maximum absolute atomic E-state index is 12.2. The zero-order valence-corrected chi connectivity index (χ0v) is 14.1. The van der Waals surface area contributed by atoms with E-state index < -0.39 is 5.97 Å². The number of hydrogen-bond acceptors (Lipinski definition) is 6. The molecule has 1 N–H and O–H groups in total. The van der Waals surface area contributed by atoms with Gasteiger partial charge in [0, 0.05) is 5.56 Å². The van der Waals surface area contributed by atoms with Crippen molar-refractivity contribution in [2.75, 3.05) is 25.6 Å². The first-order valence-corrected chi connectivity index (χ1v) is 7.93. The standard InChI is InChI=1S/C19H17NO6/c1-24-14-5-2-12(3-6-14)8-19(23)26-10-16(21)13-4-7-17-15(9-13)20-18(22)11-25-17/h2-7,9H,8,10-11H2,1H3,(H,20,22). The van der Waals surface area contributed by atoms with Crippen molar-refractivity contribution in [2.24, 2.45) is 0 Å². The lowest BCUT2D eigenvalue weighted by Gasteiger charge is -2.18. The summed E-state index contributed by atoms with van der Waals surface area (Å²) in [5, 5.41) is 2.63. The predicted molar refractivity (Wildman–Crippen MR) is 92.6 cm³/mol. The first-order valence-electron chi connectivity index (χ1n) is 7.93. The second-order valence-electron chi connectivity index (χ2n) is 5.66. The molecule has 7 nitrogen and oxygen atoms in total. The highest BCUT2D eigenvalue weighted by Crippen LogP contribution is 2.28. The van der Waals surface area contributed by atoms with Crippen LogP contribution in [0.25, 0.3) is 0 Å². The van der Waals surface area contributed by atoms with E-state index in [0.29, 0.717) is 22.7 Å². The highest BCUT2D eigenvalue weighted by atomic mass is 16.5. The summed E-state index contributed by atoms with van der Waals surface area (Å²) in [4.78, 5) is 35.4.